The van der Waals surface area contributed by atoms with Crippen LogP contribution in [0.3, 0.4) is 0 Å². The zero-order valence-electron chi connectivity index (χ0n) is 12.1. The summed E-state index contributed by atoms with van der Waals surface area (Å²) in [6.07, 6.45) is 1.41. The van der Waals surface area contributed by atoms with E-state index in [0.29, 0.717) is 11.6 Å². The highest BCUT2D eigenvalue weighted by atomic mass is 16.5. The Hall–Kier alpha value is -2.83. The highest BCUT2D eigenvalue weighted by molar-refractivity contribution is 5.79. The lowest BCUT2D eigenvalue weighted by Crippen LogP contribution is -2.37. The van der Waals surface area contributed by atoms with Crippen molar-refractivity contribution in [2.24, 2.45) is 5.92 Å². The summed E-state index contributed by atoms with van der Waals surface area (Å²) >= 11 is 0. The number of anilines is 1. The van der Waals surface area contributed by atoms with Gasteiger partial charge < -0.3 is 15.2 Å². The molecule has 0 amide bonds. The highest BCUT2D eigenvalue weighted by Crippen LogP contribution is 2.38. The van der Waals surface area contributed by atoms with Crippen molar-refractivity contribution in [2.75, 3.05) is 11.9 Å². The normalized spacial score (nSPS) is 20.1. The first-order valence-electron chi connectivity index (χ1n) is 6.92. The van der Waals surface area contributed by atoms with Crippen LogP contribution in [0.4, 0.5) is 5.95 Å². The number of aromatic nitrogens is 3. The van der Waals surface area contributed by atoms with Gasteiger partial charge >= 0.3 is 5.97 Å². The first kappa shape index (κ1) is 14.1. The molecule has 0 fully saturated rings. The van der Waals surface area contributed by atoms with E-state index in [1.165, 1.54) is 6.33 Å². The fourth-order valence-electron chi connectivity index (χ4n) is 2.60. The topological polar surface area (TPSA) is 89.3 Å². The van der Waals surface area contributed by atoms with Crippen LogP contribution in [0.25, 0.3) is 0 Å². The average molecular weight is 300 g/mol. The van der Waals surface area contributed by atoms with Gasteiger partial charge in [0.05, 0.1) is 12.6 Å². The molecular weight excluding hydrogens is 284 g/mol. The van der Waals surface area contributed by atoms with Crippen molar-refractivity contribution in [1.29, 1.82) is 0 Å². The molecule has 0 bridgehead atoms. The van der Waals surface area contributed by atoms with Gasteiger partial charge in [-0.3, -0.25) is 4.79 Å². The van der Waals surface area contributed by atoms with Crippen molar-refractivity contribution in [3.8, 4) is 5.75 Å². The third-order valence-corrected chi connectivity index (χ3v) is 3.58. The quantitative estimate of drug-likeness (QED) is 0.839. The second-order valence-corrected chi connectivity index (χ2v) is 4.94. The molecule has 0 radical (unpaired) electrons. The lowest BCUT2D eigenvalue weighted by molar-refractivity contribution is -0.147. The summed E-state index contributed by atoms with van der Waals surface area (Å²) in [5, 5.41) is 16.6. The summed E-state index contributed by atoms with van der Waals surface area (Å²) in [5.74, 6) is -0.329. The van der Waals surface area contributed by atoms with Crippen molar-refractivity contribution < 1.29 is 14.6 Å². The van der Waals surface area contributed by atoms with E-state index in [-0.39, 0.29) is 18.3 Å². The lowest BCUT2D eigenvalue weighted by Gasteiger charge is -2.33. The second-order valence-electron chi connectivity index (χ2n) is 4.94. The minimum atomic E-state index is -0.626. The van der Waals surface area contributed by atoms with E-state index in [1.54, 1.807) is 35.9 Å². The molecule has 0 saturated heterocycles. The summed E-state index contributed by atoms with van der Waals surface area (Å²) in [4.78, 5) is 16.5. The first-order chi connectivity index (χ1) is 10.6. The summed E-state index contributed by atoms with van der Waals surface area (Å²) in [6, 6.07) is 6.20. The molecule has 114 valence electrons. The monoisotopic (exact) mass is 300 g/mol. The van der Waals surface area contributed by atoms with E-state index >= 15 is 0 Å². The van der Waals surface area contributed by atoms with Crippen molar-refractivity contribution in [3.63, 3.8) is 0 Å². The smallest absolute Gasteiger partial charge is 0.317 e. The van der Waals surface area contributed by atoms with E-state index in [9.17, 15) is 9.90 Å². The average Bonchev–Trinajstić information content (AvgIpc) is 2.94. The summed E-state index contributed by atoms with van der Waals surface area (Å²) < 4.78 is 6.80. The van der Waals surface area contributed by atoms with Gasteiger partial charge in [0.25, 0.3) is 0 Å². The molecule has 2 aromatic rings. The summed E-state index contributed by atoms with van der Waals surface area (Å²) in [5.41, 5.74) is 1.32. The molecule has 22 heavy (non-hydrogen) atoms. The van der Waals surface area contributed by atoms with Crippen LogP contribution in [0.2, 0.25) is 0 Å². The maximum Gasteiger partial charge on any atom is 0.317 e. The third kappa shape index (κ3) is 2.30. The van der Waals surface area contributed by atoms with Crippen LogP contribution in [0, 0.1) is 5.92 Å². The van der Waals surface area contributed by atoms with E-state index < -0.39 is 12.0 Å². The molecule has 1 aliphatic rings. The maximum atomic E-state index is 12.4. The van der Waals surface area contributed by atoms with Gasteiger partial charge in [0.1, 0.15) is 18.0 Å². The lowest BCUT2D eigenvalue weighted by atomic mass is 9.89. The number of benzene rings is 1. The Balaban J connectivity index is 2.09. The van der Waals surface area contributed by atoms with Gasteiger partial charge in [-0.15, -0.1) is 0 Å². The molecule has 0 spiro atoms. The predicted octanol–water partition coefficient (Wildman–Crippen LogP) is 1.69. The molecule has 7 nitrogen and oxygen atoms in total. The molecule has 1 aliphatic heterocycles. The van der Waals surface area contributed by atoms with Crippen LogP contribution in [-0.2, 0) is 9.53 Å². The largest absolute Gasteiger partial charge is 0.508 e. The van der Waals surface area contributed by atoms with Gasteiger partial charge in [-0.2, -0.15) is 10.1 Å². The summed E-state index contributed by atoms with van der Waals surface area (Å²) in [7, 11) is 0. The summed E-state index contributed by atoms with van der Waals surface area (Å²) in [6.45, 7) is 5.97. The van der Waals surface area contributed by atoms with Gasteiger partial charge in [0.15, 0.2) is 0 Å². The van der Waals surface area contributed by atoms with Crippen molar-refractivity contribution in [3.05, 3.63) is 48.4 Å². The second kappa shape index (κ2) is 5.51. The van der Waals surface area contributed by atoms with Crippen LogP contribution in [0.15, 0.2) is 42.9 Å². The standard InChI is InChI=1S/C15H16N4O3/c1-3-22-14(21)12-9(2)18-15-16-8-17-19(15)13(12)10-4-6-11(20)7-5-10/h4-8,12-13,20H,2-3H2,1H3,(H,16,17,18). The highest BCUT2D eigenvalue weighted by Gasteiger charge is 2.40. The van der Waals surface area contributed by atoms with E-state index in [4.69, 9.17) is 4.74 Å². The van der Waals surface area contributed by atoms with Gasteiger partial charge in [0, 0.05) is 5.70 Å². The van der Waals surface area contributed by atoms with Crippen LogP contribution < -0.4 is 5.32 Å². The van der Waals surface area contributed by atoms with Gasteiger partial charge in [-0.05, 0) is 24.6 Å². The number of esters is 1. The molecule has 1 aromatic heterocycles. The SMILES string of the molecule is C=C1Nc2ncnn2C(c2ccc(O)cc2)C1C(=O)OCC. The number of hydrogen-bond donors (Lipinski definition) is 2. The number of nitrogens with zero attached hydrogens (tertiary/aromatic N) is 3. The minimum Gasteiger partial charge on any atom is -0.508 e. The number of phenols is 1. The molecule has 1 aromatic carbocycles. The maximum absolute atomic E-state index is 12.4. The fraction of sp³-hybridized carbons (Fsp3) is 0.267. The van der Waals surface area contributed by atoms with Crippen LogP contribution >= 0.6 is 0 Å². The number of fused-ring (bicyclic) bond motifs is 1. The number of carbonyl (C=O) groups is 1. The number of rotatable bonds is 3. The Kier molecular flexibility index (Phi) is 3.54. The molecule has 2 N–H and O–H groups in total. The Morgan fingerprint density at radius 2 is 2.18 bits per heavy atom. The predicted molar refractivity (Wildman–Crippen MR) is 79.2 cm³/mol. The van der Waals surface area contributed by atoms with Crippen LogP contribution in [0.1, 0.15) is 18.5 Å². The molecule has 7 heteroatoms. The fourth-order valence-corrected chi connectivity index (χ4v) is 2.60. The Bertz CT molecular complexity index is 708. The van der Waals surface area contributed by atoms with E-state index in [2.05, 4.69) is 22.0 Å². The van der Waals surface area contributed by atoms with Crippen molar-refractivity contribution >= 4 is 11.9 Å². The van der Waals surface area contributed by atoms with Gasteiger partial charge in [-0.1, -0.05) is 18.7 Å². The molecule has 3 rings (SSSR count). The van der Waals surface area contributed by atoms with Gasteiger partial charge in [0.2, 0.25) is 5.95 Å². The van der Waals surface area contributed by atoms with Crippen LogP contribution in [0.5, 0.6) is 5.75 Å². The number of ether oxygens (including phenoxy) is 1. The number of hydrogen-bond acceptors (Lipinski definition) is 6. The Morgan fingerprint density at radius 1 is 1.45 bits per heavy atom. The Labute approximate surface area is 127 Å². The number of phenolic OH excluding ortho intramolecular Hbond substituents is 1. The Morgan fingerprint density at radius 3 is 2.86 bits per heavy atom. The number of aromatic hydroxyl groups is 1. The van der Waals surface area contributed by atoms with Crippen LogP contribution in [-0.4, -0.2) is 32.4 Å². The van der Waals surface area contributed by atoms with Crippen molar-refractivity contribution in [1.82, 2.24) is 14.8 Å². The number of nitrogens with one attached hydrogen (secondary N) is 1. The van der Waals surface area contributed by atoms with E-state index in [0.717, 1.165) is 5.56 Å². The zero-order valence-corrected chi connectivity index (χ0v) is 12.1. The molecule has 0 aliphatic carbocycles. The molecule has 2 unspecified atom stereocenters. The van der Waals surface area contributed by atoms with Crippen molar-refractivity contribution in [2.45, 2.75) is 13.0 Å². The molecule has 2 atom stereocenters. The molecule has 2 heterocycles. The molecular formula is C15H16N4O3. The zero-order chi connectivity index (χ0) is 15.7. The first-order valence-corrected chi connectivity index (χ1v) is 6.92. The minimum absolute atomic E-state index is 0.156. The number of carbonyl (C=O) groups excluding carboxylic acids is 1. The van der Waals surface area contributed by atoms with E-state index in [1.807, 2.05) is 0 Å². The molecule has 0 saturated carbocycles. The third-order valence-electron chi connectivity index (χ3n) is 3.58. The van der Waals surface area contributed by atoms with Gasteiger partial charge in [-0.25, -0.2) is 4.68 Å².